The zero-order chi connectivity index (χ0) is 15.4. The van der Waals surface area contributed by atoms with Crippen LogP contribution in [0.2, 0.25) is 0 Å². The van der Waals surface area contributed by atoms with Crippen LogP contribution in [0.5, 0.6) is 0 Å². The van der Waals surface area contributed by atoms with Crippen molar-refractivity contribution < 1.29 is 9.21 Å². The molecule has 2 rings (SSSR count). The van der Waals surface area contributed by atoms with Crippen molar-refractivity contribution >= 4 is 11.6 Å². The summed E-state index contributed by atoms with van der Waals surface area (Å²) in [6.07, 6.45) is 0.759. The maximum Gasteiger partial charge on any atom is 0.261 e. The largest absolute Gasteiger partial charge is 0.466 e. The highest BCUT2D eigenvalue weighted by atomic mass is 16.3. The monoisotopic (exact) mass is 286 g/mol. The third kappa shape index (κ3) is 3.52. The minimum atomic E-state index is -0.0385. The summed E-state index contributed by atoms with van der Waals surface area (Å²) < 4.78 is 5.48. The molecule has 21 heavy (non-hydrogen) atoms. The summed E-state index contributed by atoms with van der Waals surface area (Å²) in [5.74, 6) is 1.37. The second-order valence-electron chi connectivity index (χ2n) is 5.26. The predicted octanol–water partition coefficient (Wildman–Crippen LogP) is 3.20. The van der Waals surface area contributed by atoms with Crippen molar-refractivity contribution in [3.8, 4) is 0 Å². The van der Waals surface area contributed by atoms with Gasteiger partial charge in [0.2, 0.25) is 0 Å². The number of nitrogens with two attached hydrogens (primary N) is 1. The first-order valence-corrected chi connectivity index (χ1v) is 7.18. The lowest BCUT2D eigenvalue weighted by atomic mass is 10.1. The first kappa shape index (κ1) is 15.3. The summed E-state index contributed by atoms with van der Waals surface area (Å²) >= 11 is 0. The van der Waals surface area contributed by atoms with Crippen molar-refractivity contribution in [2.45, 2.75) is 27.2 Å². The molecule has 0 saturated carbocycles. The molecule has 1 heterocycles. The molecule has 1 amide bonds. The number of nitrogens with zero attached hydrogens (tertiary/aromatic N) is 1. The Morgan fingerprint density at radius 2 is 2.00 bits per heavy atom. The van der Waals surface area contributed by atoms with Crippen LogP contribution in [-0.2, 0) is 0 Å². The molecule has 4 nitrogen and oxygen atoms in total. The molecule has 0 aliphatic carbocycles. The van der Waals surface area contributed by atoms with E-state index in [4.69, 9.17) is 10.2 Å². The van der Waals surface area contributed by atoms with E-state index in [2.05, 4.69) is 0 Å². The number of carbonyl (C=O) groups excluding carboxylic acids is 1. The Morgan fingerprint density at radius 1 is 1.24 bits per heavy atom. The lowest BCUT2D eigenvalue weighted by molar-refractivity contribution is 0.0985. The number of carbonyl (C=O) groups is 1. The molecule has 0 bridgehead atoms. The van der Waals surface area contributed by atoms with Gasteiger partial charge >= 0.3 is 0 Å². The van der Waals surface area contributed by atoms with Gasteiger partial charge in [-0.3, -0.25) is 4.79 Å². The lowest BCUT2D eigenvalue weighted by Gasteiger charge is -2.23. The number of aryl methyl sites for hydroxylation is 3. The third-order valence-electron chi connectivity index (χ3n) is 3.42. The molecule has 112 valence electrons. The molecule has 0 aliphatic rings. The van der Waals surface area contributed by atoms with Gasteiger partial charge in [-0.15, -0.1) is 0 Å². The summed E-state index contributed by atoms with van der Waals surface area (Å²) in [6, 6.07) is 9.73. The fraction of sp³-hybridized carbons (Fsp3) is 0.353. The number of furan rings is 1. The molecule has 2 aromatic rings. The van der Waals surface area contributed by atoms with E-state index >= 15 is 0 Å². The molecule has 0 atom stereocenters. The van der Waals surface area contributed by atoms with Crippen LogP contribution in [0.1, 0.15) is 33.9 Å². The Balaban J connectivity index is 2.35. The summed E-state index contributed by atoms with van der Waals surface area (Å²) in [5, 5.41) is 0. The topological polar surface area (TPSA) is 59.5 Å². The average Bonchev–Trinajstić information content (AvgIpc) is 2.78. The van der Waals surface area contributed by atoms with Gasteiger partial charge in [-0.05, 0) is 57.5 Å². The van der Waals surface area contributed by atoms with Crippen molar-refractivity contribution in [1.29, 1.82) is 0 Å². The Hall–Kier alpha value is -2.07. The standard InChI is InChI=1S/C17H22N2O2/c1-12-6-4-7-15(10-12)19(9-5-8-18)17(20)16-11-13(2)21-14(16)3/h4,6-7,10-11H,5,8-9,18H2,1-3H3. The maximum atomic E-state index is 12.8. The Labute approximate surface area is 125 Å². The minimum absolute atomic E-state index is 0.0385. The Morgan fingerprint density at radius 3 is 2.57 bits per heavy atom. The number of rotatable bonds is 5. The zero-order valence-corrected chi connectivity index (χ0v) is 12.8. The van der Waals surface area contributed by atoms with Gasteiger partial charge in [-0.2, -0.15) is 0 Å². The van der Waals surface area contributed by atoms with Crippen molar-refractivity contribution in [2.24, 2.45) is 5.73 Å². The lowest BCUT2D eigenvalue weighted by Crippen LogP contribution is -2.33. The number of anilines is 1. The van der Waals surface area contributed by atoms with E-state index in [1.54, 1.807) is 11.0 Å². The van der Waals surface area contributed by atoms with Gasteiger partial charge in [0.15, 0.2) is 0 Å². The van der Waals surface area contributed by atoms with Crippen molar-refractivity contribution in [1.82, 2.24) is 0 Å². The van der Waals surface area contributed by atoms with Crippen LogP contribution < -0.4 is 10.6 Å². The van der Waals surface area contributed by atoms with Crippen LogP contribution in [0.4, 0.5) is 5.69 Å². The fourth-order valence-corrected chi connectivity index (χ4v) is 2.38. The summed E-state index contributed by atoms with van der Waals surface area (Å²) in [7, 11) is 0. The van der Waals surface area contributed by atoms with Crippen LogP contribution in [0.3, 0.4) is 0 Å². The Kier molecular flexibility index (Phi) is 4.81. The highest BCUT2D eigenvalue weighted by Crippen LogP contribution is 2.22. The molecule has 4 heteroatoms. The molecular weight excluding hydrogens is 264 g/mol. The molecule has 0 radical (unpaired) electrons. The summed E-state index contributed by atoms with van der Waals surface area (Å²) in [4.78, 5) is 14.6. The van der Waals surface area contributed by atoms with Gasteiger partial charge in [-0.25, -0.2) is 0 Å². The van der Waals surface area contributed by atoms with E-state index in [0.717, 1.165) is 23.4 Å². The molecule has 1 aromatic heterocycles. The van der Waals surface area contributed by atoms with Crippen LogP contribution >= 0.6 is 0 Å². The average molecular weight is 286 g/mol. The predicted molar refractivity (Wildman–Crippen MR) is 84.7 cm³/mol. The molecule has 2 N–H and O–H groups in total. The van der Waals surface area contributed by atoms with E-state index in [1.807, 2.05) is 45.0 Å². The molecule has 0 unspecified atom stereocenters. The fourth-order valence-electron chi connectivity index (χ4n) is 2.38. The van der Waals surface area contributed by atoms with Crippen LogP contribution in [0.15, 0.2) is 34.7 Å². The molecular formula is C17H22N2O2. The minimum Gasteiger partial charge on any atom is -0.466 e. The van der Waals surface area contributed by atoms with Gasteiger partial charge in [-0.1, -0.05) is 12.1 Å². The first-order valence-electron chi connectivity index (χ1n) is 7.18. The van der Waals surface area contributed by atoms with Crippen LogP contribution in [0.25, 0.3) is 0 Å². The van der Waals surface area contributed by atoms with Gasteiger partial charge in [0.05, 0.1) is 5.56 Å². The summed E-state index contributed by atoms with van der Waals surface area (Å²) in [5.41, 5.74) is 8.24. The van der Waals surface area contributed by atoms with Gasteiger partial charge < -0.3 is 15.1 Å². The number of amides is 1. The van der Waals surface area contributed by atoms with Crippen molar-refractivity contribution in [3.05, 3.63) is 53.0 Å². The second kappa shape index (κ2) is 6.59. The molecule has 0 spiro atoms. The van der Waals surface area contributed by atoms with Gasteiger partial charge in [0.1, 0.15) is 11.5 Å². The van der Waals surface area contributed by atoms with Crippen LogP contribution in [-0.4, -0.2) is 19.0 Å². The summed E-state index contributed by atoms with van der Waals surface area (Å²) in [6.45, 7) is 6.84. The molecule has 1 aromatic carbocycles. The maximum absolute atomic E-state index is 12.8. The SMILES string of the molecule is Cc1cccc(N(CCCN)C(=O)c2cc(C)oc2C)c1. The van der Waals surface area contributed by atoms with Crippen LogP contribution in [0, 0.1) is 20.8 Å². The van der Waals surface area contributed by atoms with E-state index in [9.17, 15) is 4.79 Å². The highest BCUT2D eigenvalue weighted by Gasteiger charge is 2.21. The van der Waals surface area contributed by atoms with Gasteiger partial charge in [0.25, 0.3) is 5.91 Å². The highest BCUT2D eigenvalue weighted by molar-refractivity contribution is 6.06. The Bertz CT molecular complexity index is 631. The third-order valence-corrected chi connectivity index (χ3v) is 3.42. The first-order chi connectivity index (χ1) is 10.0. The van der Waals surface area contributed by atoms with E-state index in [0.29, 0.717) is 24.4 Å². The number of benzene rings is 1. The molecule has 0 saturated heterocycles. The molecule has 0 fully saturated rings. The quantitative estimate of drug-likeness (QED) is 0.918. The van der Waals surface area contributed by atoms with Crippen molar-refractivity contribution in [3.63, 3.8) is 0 Å². The van der Waals surface area contributed by atoms with E-state index < -0.39 is 0 Å². The van der Waals surface area contributed by atoms with Crippen molar-refractivity contribution in [2.75, 3.05) is 18.0 Å². The van der Waals surface area contributed by atoms with Gasteiger partial charge in [0, 0.05) is 12.2 Å². The van der Waals surface area contributed by atoms with E-state index in [1.165, 1.54) is 0 Å². The smallest absolute Gasteiger partial charge is 0.261 e. The number of hydrogen-bond donors (Lipinski definition) is 1. The molecule has 0 aliphatic heterocycles. The normalized spacial score (nSPS) is 10.7. The number of hydrogen-bond acceptors (Lipinski definition) is 3. The zero-order valence-electron chi connectivity index (χ0n) is 12.8. The second-order valence-corrected chi connectivity index (χ2v) is 5.26. The van der Waals surface area contributed by atoms with E-state index in [-0.39, 0.29) is 5.91 Å².